The Balaban J connectivity index is 1.74. The summed E-state index contributed by atoms with van der Waals surface area (Å²) in [5.74, 6) is -0.0262. The SMILES string of the molecule is CCOc1ccccc1C(=O)N1CCN(C(=O)c2ccc(C)cn2)C(CF)C1. The summed E-state index contributed by atoms with van der Waals surface area (Å²) in [4.78, 5) is 32.9. The number of para-hydroxylation sites is 1. The highest BCUT2D eigenvalue weighted by atomic mass is 19.1. The van der Waals surface area contributed by atoms with Crippen LogP contribution in [0.3, 0.4) is 0 Å². The van der Waals surface area contributed by atoms with E-state index in [-0.39, 0.29) is 30.6 Å². The minimum Gasteiger partial charge on any atom is -0.493 e. The summed E-state index contributed by atoms with van der Waals surface area (Å²) in [5, 5.41) is 0. The molecule has 3 rings (SSSR count). The van der Waals surface area contributed by atoms with E-state index < -0.39 is 12.7 Å². The number of benzene rings is 1. The molecule has 1 aromatic carbocycles. The number of aromatic nitrogens is 1. The third kappa shape index (κ3) is 4.13. The van der Waals surface area contributed by atoms with Crippen LogP contribution in [0.4, 0.5) is 4.39 Å². The van der Waals surface area contributed by atoms with Crippen LogP contribution in [-0.4, -0.2) is 65.6 Å². The Morgan fingerprint density at radius 2 is 1.96 bits per heavy atom. The predicted octanol–water partition coefficient (Wildman–Crippen LogP) is 2.73. The average Bonchev–Trinajstić information content (AvgIpc) is 2.73. The lowest BCUT2D eigenvalue weighted by Gasteiger charge is -2.40. The molecule has 0 N–H and O–H groups in total. The highest BCUT2D eigenvalue weighted by Crippen LogP contribution is 2.22. The Morgan fingerprint density at radius 3 is 2.64 bits per heavy atom. The van der Waals surface area contributed by atoms with Crippen LogP contribution < -0.4 is 4.74 Å². The molecule has 6 nitrogen and oxygen atoms in total. The number of carbonyl (C=O) groups is 2. The van der Waals surface area contributed by atoms with Gasteiger partial charge in [-0.3, -0.25) is 14.6 Å². The van der Waals surface area contributed by atoms with Gasteiger partial charge in [0, 0.05) is 25.8 Å². The third-order valence-electron chi connectivity index (χ3n) is 4.76. The van der Waals surface area contributed by atoms with Crippen molar-refractivity contribution in [1.29, 1.82) is 0 Å². The van der Waals surface area contributed by atoms with Crippen LogP contribution in [-0.2, 0) is 0 Å². The van der Waals surface area contributed by atoms with Crippen LogP contribution in [0.15, 0.2) is 42.6 Å². The van der Waals surface area contributed by atoms with Gasteiger partial charge in [0.1, 0.15) is 18.1 Å². The maximum atomic E-state index is 13.7. The summed E-state index contributed by atoms with van der Waals surface area (Å²) in [7, 11) is 0. The molecule has 1 aromatic heterocycles. The smallest absolute Gasteiger partial charge is 0.272 e. The number of carbonyl (C=O) groups excluding carboxylic acids is 2. The van der Waals surface area contributed by atoms with E-state index in [4.69, 9.17) is 4.74 Å². The third-order valence-corrected chi connectivity index (χ3v) is 4.76. The minimum absolute atomic E-state index is 0.132. The van der Waals surface area contributed by atoms with Gasteiger partial charge in [0.25, 0.3) is 11.8 Å². The molecular formula is C21H24FN3O3. The Kier molecular flexibility index (Phi) is 6.23. The van der Waals surface area contributed by atoms with E-state index in [2.05, 4.69) is 4.98 Å². The predicted molar refractivity (Wildman–Crippen MR) is 103 cm³/mol. The molecule has 1 fully saturated rings. The first-order valence-corrected chi connectivity index (χ1v) is 9.35. The Morgan fingerprint density at radius 1 is 1.18 bits per heavy atom. The zero-order valence-electron chi connectivity index (χ0n) is 16.1. The minimum atomic E-state index is -0.728. The second kappa shape index (κ2) is 8.82. The van der Waals surface area contributed by atoms with Crippen molar-refractivity contribution in [2.75, 3.05) is 32.9 Å². The van der Waals surface area contributed by atoms with E-state index in [1.54, 1.807) is 47.5 Å². The van der Waals surface area contributed by atoms with Crippen molar-refractivity contribution in [2.45, 2.75) is 19.9 Å². The largest absolute Gasteiger partial charge is 0.493 e. The molecule has 7 heteroatoms. The molecule has 1 unspecified atom stereocenters. The van der Waals surface area contributed by atoms with E-state index in [1.165, 1.54) is 4.90 Å². The number of halogens is 1. The lowest BCUT2D eigenvalue weighted by Crippen LogP contribution is -2.57. The molecule has 0 aliphatic carbocycles. The summed E-state index contributed by atoms with van der Waals surface area (Å²) in [6, 6.07) is 9.76. The van der Waals surface area contributed by atoms with Gasteiger partial charge in [0.2, 0.25) is 0 Å². The first-order chi connectivity index (χ1) is 13.5. The van der Waals surface area contributed by atoms with E-state index in [0.717, 1.165) is 5.56 Å². The number of alkyl halides is 1. The van der Waals surface area contributed by atoms with Crippen molar-refractivity contribution in [3.63, 3.8) is 0 Å². The number of aryl methyl sites for hydroxylation is 1. The molecule has 0 bridgehead atoms. The number of pyridine rings is 1. The molecule has 1 aliphatic heterocycles. The van der Waals surface area contributed by atoms with Crippen molar-refractivity contribution in [3.05, 3.63) is 59.4 Å². The fourth-order valence-corrected chi connectivity index (χ4v) is 3.28. The van der Waals surface area contributed by atoms with Gasteiger partial charge in [0.05, 0.1) is 18.2 Å². The van der Waals surface area contributed by atoms with Gasteiger partial charge in [-0.15, -0.1) is 0 Å². The molecule has 28 heavy (non-hydrogen) atoms. The van der Waals surface area contributed by atoms with E-state index in [9.17, 15) is 14.0 Å². The van der Waals surface area contributed by atoms with E-state index in [1.807, 2.05) is 13.8 Å². The molecule has 1 aliphatic rings. The van der Waals surface area contributed by atoms with Crippen LogP contribution in [0.5, 0.6) is 5.75 Å². The summed E-state index contributed by atoms with van der Waals surface area (Å²) in [6.45, 7) is 4.17. The number of rotatable bonds is 5. The van der Waals surface area contributed by atoms with Gasteiger partial charge in [0.15, 0.2) is 0 Å². The monoisotopic (exact) mass is 385 g/mol. The van der Waals surface area contributed by atoms with Crippen LogP contribution in [0.25, 0.3) is 0 Å². The maximum absolute atomic E-state index is 13.7. The lowest BCUT2D eigenvalue weighted by molar-refractivity contribution is 0.0337. The van der Waals surface area contributed by atoms with Crippen LogP contribution >= 0.6 is 0 Å². The fraction of sp³-hybridized carbons (Fsp3) is 0.381. The number of nitrogens with zero attached hydrogens (tertiary/aromatic N) is 3. The summed E-state index contributed by atoms with van der Waals surface area (Å²) in [6.07, 6.45) is 1.61. The van der Waals surface area contributed by atoms with Crippen LogP contribution in [0.2, 0.25) is 0 Å². The molecule has 0 saturated carbocycles. The van der Waals surface area contributed by atoms with Gasteiger partial charge >= 0.3 is 0 Å². The van der Waals surface area contributed by atoms with Gasteiger partial charge < -0.3 is 14.5 Å². The Bertz CT molecular complexity index is 841. The maximum Gasteiger partial charge on any atom is 0.272 e. The number of hydrogen-bond acceptors (Lipinski definition) is 4. The van der Waals surface area contributed by atoms with Crippen molar-refractivity contribution in [2.24, 2.45) is 0 Å². The molecule has 0 radical (unpaired) electrons. The first-order valence-electron chi connectivity index (χ1n) is 9.35. The molecular weight excluding hydrogens is 361 g/mol. The molecule has 148 valence electrons. The number of piperazine rings is 1. The average molecular weight is 385 g/mol. The summed E-state index contributed by atoms with van der Waals surface area (Å²) >= 11 is 0. The van der Waals surface area contributed by atoms with Gasteiger partial charge in [-0.1, -0.05) is 18.2 Å². The van der Waals surface area contributed by atoms with Crippen LogP contribution in [0, 0.1) is 6.92 Å². The van der Waals surface area contributed by atoms with Crippen molar-refractivity contribution in [1.82, 2.24) is 14.8 Å². The van der Waals surface area contributed by atoms with E-state index >= 15 is 0 Å². The highest BCUT2D eigenvalue weighted by Gasteiger charge is 2.34. The summed E-state index contributed by atoms with van der Waals surface area (Å²) < 4.78 is 19.3. The van der Waals surface area contributed by atoms with Gasteiger partial charge in [-0.2, -0.15) is 0 Å². The van der Waals surface area contributed by atoms with Crippen LogP contribution in [0.1, 0.15) is 33.3 Å². The zero-order chi connectivity index (χ0) is 20.1. The van der Waals surface area contributed by atoms with Crippen molar-refractivity contribution in [3.8, 4) is 5.75 Å². The molecule has 1 saturated heterocycles. The van der Waals surface area contributed by atoms with Crippen molar-refractivity contribution < 1.29 is 18.7 Å². The molecule has 2 heterocycles. The Hall–Kier alpha value is -2.96. The number of ether oxygens (including phenoxy) is 1. The fourth-order valence-electron chi connectivity index (χ4n) is 3.28. The molecule has 2 aromatic rings. The lowest BCUT2D eigenvalue weighted by atomic mass is 10.1. The van der Waals surface area contributed by atoms with Gasteiger partial charge in [-0.25, -0.2) is 4.39 Å². The van der Waals surface area contributed by atoms with Gasteiger partial charge in [-0.05, 0) is 37.6 Å². The molecule has 2 amide bonds. The zero-order valence-corrected chi connectivity index (χ0v) is 16.1. The second-order valence-corrected chi connectivity index (χ2v) is 6.71. The highest BCUT2D eigenvalue weighted by molar-refractivity contribution is 5.97. The number of hydrogen-bond donors (Lipinski definition) is 0. The normalized spacial score (nSPS) is 16.8. The van der Waals surface area contributed by atoms with E-state index in [0.29, 0.717) is 24.5 Å². The Labute approximate surface area is 163 Å². The first kappa shape index (κ1) is 19.8. The standard InChI is InChI=1S/C21H24FN3O3/c1-3-28-19-7-5-4-6-17(19)20(26)24-10-11-25(16(12-22)14-24)21(27)18-9-8-15(2)13-23-18/h4-9,13,16H,3,10-12,14H2,1-2H3. The quantitative estimate of drug-likeness (QED) is 0.794. The van der Waals surface area contributed by atoms with Crippen molar-refractivity contribution >= 4 is 11.8 Å². The second-order valence-electron chi connectivity index (χ2n) is 6.71. The summed E-state index contributed by atoms with van der Waals surface area (Å²) in [5.41, 5.74) is 1.68. The molecule has 0 spiro atoms. The topological polar surface area (TPSA) is 62.7 Å². The molecule has 1 atom stereocenters. The number of amides is 2.